The van der Waals surface area contributed by atoms with Gasteiger partial charge in [0.25, 0.3) is 5.09 Å². The van der Waals surface area contributed by atoms with Gasteiger partial charge in [0.15, 0.2) is 18.7 Å². The number of Topliss-reactive ketones (excluding diaryl/α,β-unsaturated/α-hetero) is 1. The minimum Gasteiger partial charge on any atom is -0.507 e. The number of phenols is 2. The van der Waals surface area contributed by atoms with E-state index in [9.17, 15) is 54.5 Å². The smallest absolute Gasteiger partial charge is 0.306 e. The molecule has 0 spiro atoms. The number of nitrogens with zero attached hydrogens (tertiary/aromatic N) is 1. The van der Waals surface area contributed by atoms with Crippen molar-refractivity contribution in [1.82, 2.24) is 0 Å². The third-order valence-electron chi connectivity index (χ3n) is 9.56. The number of benzene rings is 2. The van der Waals surface area contributed by atoms with E-state index in [1.54, 1.807) is 0 Å². The summed E-state index contributed by atoms with van der Waals surface area (Å²) >= 11 is 0. The minimum absolute atomic E-state index is 0.0439. The number of nitrogens with two attached hydrogens (primary N) is 1. The Kier molecular flexibility index (Phi) is 12.2. The number of hydrogen-bond donors (Lipinski definition) is 5. The molecule has 0 saturated carbocycles. The van der Waals surface area contributed by atoms with Gasteiger partial charge in [-0.15, -0.1) is 10.1 Å². The Morgan fingerprint density at radius 2 is 1.69 bits per heavy atom. The fourth-order valence-corrected chi connectivity index (χ4v) is 6.76. The lowest BCUT2D eigenvalue weighted by atomic mass is 9.72. The van der Waals surface area contributed by atoms with Crippen LogP contribution in [-0.2, 0) is 44.6 Å². The van der Waals surface area contributed by atoms with Crippen molar-refractivity contribution in [3.8, 4) is 17.2 Å². The minimum atomic E-state index is -2.45. The zero-order valence-electron chi connectivity index (χ0n) is 29.3. The second kappa shape index (κ2) is 16.4. The summed E-state index contributed by atoms with van der Waals surface area (Å²) in [4.78, 5) is 80.0. The van der Waals surface area contributed by atoms with Crippen LogP contribution in [0.15, 0.2) is 18.2 Å². The van der Waals surface area contributed by atoms with E-state index in [0.717, 1.165) is 0 Å². The molecule has 0 amide bonds. The van der Waals surface area contributed by atoms with Gasteiger partial charge < -0.3 is 54.7 Å². The third kappa shape index (κ3) is 8.14. The Morgan fingerprint density at radius 1 is 1.02 bits per heavy atom. The van der Waals surface area contributed by atoms with E-state index >= 15 is 0 Å². The van der Waals surface area contributed by atoms with Gasteiger partial charge in [0.05, 0.1) is 68.2 Å². The van der Waals surface area contributed by atoms with Crippen LogP contribution in [0.1, 0.15) is 94.5 Å². The molecule has 292 valence electrons. The molecule has 2 aromatic rings. The van der Waals surface area contributed by atoms with Crippen molar-refractivity contribution in [2.75, 3.05) is 26.9 Å². The van der Waals surface area contributed by atoms with Gasteiger partial charge in [-0.3, -0.25) is 24.0 Å². The maximum absolute atomic E-state index is 13.9. The highest BCUT2D eigenvalue weighted by Crippen LogP contribution is 2.52. The SMILES string of the molecule is COc1cccc2c1C(=O)c1c(O)c3c(c(O)c1C2=O)CC(O)(C(=O)COC(=O)CCC(=O)OCCCCO[N+](=O)[O-])CC3OC1CC(N)C(O)C(C)O1. The molecule has 0 radical (unpaired) electrons. The number of methoxy groups -OCH3 is 1. The number of aromatic hydroxyl groups is 2. The summed E-state index contributed by atoms with van der Waals surface area (Å²) in [6.45, 7) is 0.301. The summed E-state index contributed by atoms with van der Waals surface area (Å²) in [6, 6.07) is 3.43. The number of carbonyl (C=O) groups is 5. The number of phenolic OH excluding ortho intramolecular Hbond substituents is 2. The average molecular weight is 761 g/mol. The van der Waals surface area contributed by atoms with Crippen molar-refractivity contribution in [3.05, 3.63) is 61.7 Å². The number of ketones is 3. The van der Waals surface area contributed by atoms with Crippen LogP contribution in [0.4, 0.5) is 0 Å². The van der Waals surface area contributed by atoms with Gasteiger partial charge in [-0.2, -0.15) is 0 Å². The van der Waals surface area contributed by atoms with Crippen molar-refractivity contribution in [3.63, 3.8) is 0 Å². The number of rotatable bonds is 15. The average Bonchev–Trinajstić information content (AvgIpc) is 3.13. The van der Waals surface area contributed by atoms with Gasteiger partial charge in [-0.25, -0.2) is 0 Å². The number of fused-ring (bicyclic) bond motifs is 3. The topological polar surface area (TPSA) is 291 Å². The molecular weight excluding hydrogens is 720 g/mol. The first-order chi connectivity index (χ1) is 25.6. The lowest BCUT2D eigenvalue weighted by Crippen LogP contribution is -2.53. The van der Waals surface area contributed by atoms with Crippen molar-refractivity contribution >= 4 is 29.3 Å². The molecule has 2 aromatic carbocycles. The van der Waals surface area contributed by atoms with Crippen LogP contribution < -0.4 is 10.5 Å². The molecule has 1 aliphatic heterocycles. The molecule has 19 heteroatoms. The van der Waals surface area contributed by atoms with E-state index in [1.807, 2.05) is 0 Å². The van der Waals surface area contributed by atoms with Crippen LogP contribution in [0.25, 0.3) is 0 Å². The monoisotopic (exact) mass is 760 g/mol. The van der Waals surface area contributed by atoms with E-state index < -0.39 is 126 Å². The molecule has 1 heterocycles. The summed E-state index contributed by atoms with van der Waals surface area (Å²) in [5, 5.41) is 54.7. The molecule has 6 atom stereocenters. The molecular formula is C35H40N2O17. The highest BCUT2D eigenvalue weighted by atomic mass is 16.9. The van der Waals surface area contributed by atoms with E-state index in [-0.39, 0.29) is 60.5 Å². The number of unbranched alkanes of at least 4 members (excludes halogenated alkanes) is 1. The summed E-state index contributed by atoms with van der Waals surface area (Å²) in [7, 11) is 1.29. The molecule has 6 unspecified atom stereocenters. The number of aliphatic hydroxyl groups excluding tert-OH is 1. The Bertz CT molecular complexity index is 1830. The lowest BCUT2D eigenvalue weighted by Gasteiger charge is -2.42. The van der Waals surface area contributed by atoms with Crippen molar-refractivity contribution in [2.24, 2.45) is 5.73 Å². The summed E-state index contributed by atoms with van der Waals surface area (Å²) in [5.41, 5.74) is 1.75. The van der Waals surface area contributed by atoms with Crippen LogP contribution in [0.2, 0.25) is 0 Å². The first-order valence-corrected chi connectivity index (χ1v) is 17.0. The third-order valence-corrected chi connectivity index (χ3v) is 9.56. The van der Waals surface area contributed by atoms with Crippen molar-refractivity contribution in [2.45, 2.75) is 88.1 Å². The highest BCUT2D eigenvalue weighted by Gasteiger charge is 2.50. The quantitative estimate of drug-likeness (QED) is 0.0472. The van der Waals surface area contributed by atoms with Crippen LogP contribution in [-0.4, -0.2) is 112 Å². The molecule has 5 rings (SSSR count). The van der Waals surface area contributed by atoms with Crippen LogP contribution >= 0.6 is 0 Å². The second-order valence-corrected chi connectivity index (χ2v) is 13.1. The van der Waals surface area contributed by atoms with Gasteiger partial charge in [-0.05, 0) is 25.8 Å². The zero-order valence-corrected chi connectivity index (χ0v) is 29.3. The molecule has 3 aliphatic rings. The van der Waals surface area contributed by atoms with Crippen molar-refractivity contribution in [1.29, 1.82) is 0 Å². The maximum atomic E-state index is 13.9. The molecule has 1 saturated heterocycles. The summed E-state index contributed by atoms with van der Waals surface area (Å²) in [6.07, 6.45) is -6.31. The van der Waals surface area contributed by atoms with Crippen LogP contribution in [0.5, 0.6) is 17.2 Å². The number of carbonyl (C=O) groups excluding carboxylic acids is 5. The van der Waals surface area contributed by atoms with Gasteiger partial charge in [0.2, 0.25) is 11.6 Å². The van der Waals surface area contributed by atoms with E-state index in [1.165, 1.54) is 32.2 Å². The van der Waals surface area contributed by atoms with Gasteiger partial charge in [0, 0.05) is 42.0 Å². The van der Waals surface area contributed by atoms with E-state index in [4.69, 9.17) is 29.4 Å². The second-order valence-electron chi connectivity index (χ2n) is 13.1. The first kappa shape index (κ1) is 40.0. The molecule has 2 aliphatic carbocycles. The van der Waals surface area contributed by atoms with Crippen LogP contribution in [0, 0.1) is 10.1 Å². The molecule has 19 nitrogen and oxygen atoms in total. The normalized spacial score (nSPS) is 24.4. The fourth-order valence-electron chi connectivity index (χ4n) is 6.76. The molecule has 54 heavy (non-hydrogen) atoms. The number of hydrogen-bond acceptors (Lipinski definition) is 18. The fraction of sp³-hybridized carbons (Fsp3) is 0.514. The Hall–Kier alpha value is -5.21. The first-order valence-electron chi connectivity index (χ1n) is 17.0. The van der Waals surface area contributed by atoms with Gasteiger partial charge >= 0.3 is 11.9 Å². The van der Waals surface area contributed by atoms with Crippen molar-refractivity contribution < 1.29 is 78.0 Å². The Balaban J connectivity index is 1.37. The predicted octanol–water partition coefficient (Wildman–Crippen LogP) is 0.864. The summed E-state index contributed by atoms with van der Waals surface area (Å²) < 4.78 is 27.2. The maximum Gasteiger partial charge on any atom is 0.306 e. The molecule has 0 aromatic heterocycles. The van der Waals surface area contributed by atoms with E-state index in [2.05, 4.69) is 4.84 Å². The molecule has 1 fully saturated rings. The number of ether oxygens (including phenoxy) is 5. The van der Waals surface area contributed by atoms with Gasteiger partial charge in [-0.1, -0.05) is 12.1 Å². The lowest BCUT2D eigenvalue weighted by molar-refractivity contribution is -0.757. The standard InChI is InChI=1S/C35H40N2O17/c1-16-30(41)19(36)12-25(53-16)54-21-14-35(46,22(38)15-51-24(40)9-8-23(39)50-10-3-4-11-52-37(47)48)13-18-27(21)34(45)29-28(32(18)43)31(42)17-6-5-7-20(49-2)26(17)33(29)44/h5-7,16,19,21,25,30,41,43,45-46H,3-4,8-15,36H2,1-2H3. The Morgan fingerprint density at radius 3 is 2.35 bits per heavy atom. The predicted molar refractivity (Wildman–Crippen MR) is 178 cm³/mol. The molecule has 0 bridgehead atoms. The van der Waals surface area contributed by atoms with Crippen LogP contribution in [0.3, 0.4) is 0 Å². The largest absolute Gasteiger partial charge is 0.507 e. The Labute approximate surface area is 306 Å². The van der Waals surface area contributed by atoms with E-state index in [0.29, 0.717) is 0 Å². The van der Waals surface area contributed by atoms with Gasteiger partial charge in [0.1, 0.15) is 22.8 Å². The summed E-state index contributed by atoms with van der Waals surface area (Å²) in [5.74, 6) is -6.00. The number of aliphatic hydroxyl groups is 2. The number of esters is 2. The zero-order chi connectivity index (χ0) is 39.5. The highest BCUT2D eigenvalue weighted by molar-refractivity contribution is 6.31. The molecule has 6 N–H and O–H groups in total.